The third kappa shape index (κ3) is 4.00. The first-order valence-corrected chi connectivity index (χ1v) is 7.55. The highest BCUT2D eigenvalue weighted by Crippen LogP contribution is 2.29. The van der Waals surface area contributed by atoms with Gasteiger partial charge in [-0.1, -0.05) is 33.1 Å². The van der Waals surface area contributed by atoms with E-state index in [2.05, 4.69) is 24.1 Å². The van der Waals surface area contributed by atoms with Crippen molar-refractivity contribution in [2.75, 3.05) is 6.54 Å². The van der Waals surface area contributed by atoms with Crippen LogP contribution in [0.3, 0.4) is 0 Å². The Morgan fingerprint density at radius 2 is 2.16 bits per heavy atom. The zero-order valence-electron chi connectivity index (χ0n) is 12.0. The zero-order chi connectivity index (χ0) is 13.7. The van der Waals surface area contributed by atoms with E-state index in [4.69, 9.17) is 0 Å². The minimum absolute atomic E-state index is 0.245. The number of hydrogen-bond acceptors (Lipinski definition) is 2. The summed E-state index contributed by atoms with van der Waals surface area (Å²) in [6, 6.07) is 3.53. The summed E-state index contributed by atoms with van der Waals surface area (Å²) in [6.45, 7) is 5.56. The van der Waals surface area contributed by atoms with Gasteiger partial charge in [0.05, 0.1) is 11.9 Å². The van der Waals surface area contributed by atoms with Crippen molar-refractivity contribution < 1.29 is 4.39 Å². The van der Waals surface area contributed by atoms with Crippen molar-refractivity contribution in [3.05, 3.63) is 29.8 Å². The molecular weight excluding hydrogens is 239 g/mol. The van der Waals surface area contributed by atoms with E-state index in [-0.39, 0.29) is 11.9 Å². The van der Waals surface area contributed by atoms with Crippen molar-refractivity contribution in [3.8, 4) is 0 Å². The van der Waals surface area contributed by atoms with E-state index in [1.165, 1.54) is 37.9 Å². The molecule has 3 heteroatoms. The molecule has 19 heavy (non-hydrogen) atoms. The quantitative estimate of drug-likeness (QED) is 0.866. The van der Waals surface area contributed by atoms with Crippen molar-refractivity contribution in [1.82, 2.24) is 10.3 Å². The molecule has 1 aromatic heterocycles. The van der Waals surface area contributed by atoms with Gasteiger partial charge in [0.1, 0.15) is 5.82 Å². The van der Waals surface area contributed by atoms with Crippen molar-refractivity contribution >= 4 is 0 Å². The van der Waals surface area contributed by atoms with Gasteiger partial charge in [-0.2, -0.15) is 0 Å². The molecular formula is C16H25FN2. The maximum Gasteiger partial charge on any atom is 0.141 e. The normalized spacial score (nSPS) is 25.2. The molecule has 0 amide bonds. The Balaban J connectivity index is 1.90. The molecule has 0 aliphatic heterocycles. The summed E-state index contributed by atoms with van der Waals surface area (Å²) in [6.07, 6.45) is 7.73. The van der Waals surface area contributed by atoms with Crippen LogP contribution in [0.4, 0.5) is 4.39 Å². The SMILES string of the molecule is CCC(NCC1CCCCC1C)c1ccc(F)cn1. The van der Waals surface area contributed by atoms with Gasteiger partial charge in [0, 0.05) is 6.04 Å². The van der Waals surface area contributed by atoms with Crippen LogP contribution in [-0.4, -0.2) is 11.5 Å². The molecule has 1 heterocycles. The lowest BCUT2D eigenvalue weighted by molar-refractivity contribution is 0.239. The number of nitrogens with one attached hydrogen (secondary N) is 1. The van der Waals surface area contributed by atoms with Crippen LogP contribution in [0.1, 0.15) is 57.7 Å². The topological polar surface area (TPSA) is 24.9 Å². The van der Waals surface area contributed by atoms with E-state index in [1.54, 1.807) is 6.07 Å². The van der Waals surface area contributed by atoms with Gasteiger partial charge in [0.25, 0.3) is 0 Å². The van der Waals surface area contributed by atoms with E-state index >= 15 is 0 Å². The average Bonchev–Trinajstić information content (AvgIpc) is 2.43. The van der Waals surface area contributed by atoms with Crippen molar-refractivity contribution in [1.29, 1.82) is 0 Å². The van der Waals surface area contributed by atoms with Crippen molar-refractivity contribution in [2.45, 2.75) is 52.0 Å². The Labute approximate surface area is 115 Å². The predicted molar refractivity (Wildman–Crippen MR) is 76.4 cm³/mol. The van der Waals surface area contributed by atoms with E-state index in [9.17, 15) is 4.39 Å². The third-order valence-electron chi connectivity index (χ3n) is 4.43. The van der Waals surface area contributed by atoms with Gasteiger partial charge < -0.3 is 5.32 Å². The number of rotatable bonds is 5. The third-order valence-corrected chi connectivity index (χ3v) is 4.43. The first-order chi connectivity index (χ1) is 9.20. The molecule has 1 aliphatic carbocycles. The Kier molecular flexibility index (Phi) is 5.32. The highest BCUT2D eigenvalue weighted by Gasteiger charge is 2.22. The molecule has 0 radical (unpaired) electrons. The van der Waals surface area contributed by atoms with Crippen LogP contribution in [0, 0.1) is 17.7 Å². The van der Waals surface area contributed by atoms with Gasteiger partial charge in [-0.3, -0.25) is 4.98 Å². The molecule has 1 N–H and O–H groups in total. The molecule has 1 aliphatic rings. The van der Waals surface area contributed by atoms with Gasteiger partial charge >= 0.3 is 0 Å². The molecule has 2 rings (SSSR count). The fraction of sp³-hybridized carbons (Fsp3) is 0.688. The molecule has 1 saturated carbocycles. The molecule has 106 valence electrons. The van der Waals surface area contributed by atoms with E-state index in [1.807, 2.05) is 0 Å². The monoisotopic (exact) mass is 264 g/mol. The lowest BCUT2D eigenvalue weighted by Gasteiger charge is -2.30. The summed E-state index contributed by atoms with van der Waals surface area (Å²) in [5.41, 5.74) is 0.951. The van der Waals surface area contributed by atoms with Gasteiger partial charge in [0.2, 0.25) is 0 Å². The highest BCUT2D eigenvalue weighted by molar-refractivity contribution is 5.09. The number of pyridine rings is 1. The molecule has 1 fully saturated rings. The summed E-state index contributed by atoms with van der Waals surface area (Å²) in [7, 11) is 0. The molecule has 3 unspecified atom stereocenters. The van der Waals surface area contributed by atoms with Gasteiger partial charge in [0.15, 0.2) is 0 Å². The maximum atomic E-state index is 12.9. The Hall–Kier alpha value is -0.960. The van der Waals surface area contributed by atoms with Crippen LogP contribution < -0.4 is 5.32 Å². The fourth-order valence-electron chi connectivity index (χ4n) is 3.04. The number of halogens is 1. The lowest BCUT2D eigenvalue weighted by atomic mass is 9.80. The van der Waals surface area contributed by atoms with Crippen molar-refractivity contribution in [2.24, 2.45) is 11.8 Å². The molecule has 0 spiro atoms. The van der Waals surface area contributed by atoms with Crippen LogP contribution in [0.15, 0.2) is 18.3 Å². The second-order valence-corrected chi connectivity index (χ2v) is 5.79. The number of hydrogen-bond donors (Lipinski definition) is 1. The second kappa shape index (κ2) is 6.99. The summed E-state index contributed by atoms with van der Waals surface area (Å²) in [4.78, 5) is 4.19. The smallest absolute Gasteiger partial charge is 0.141 e. The van der Waals surface area contributed by atoms with Gasteiger partial charge in [-0.15, -0.1) is 0 Å². The van der Waals surface area contributed by atoms with E-state index in [0.717, 1.165) is 30.5 Å². The van der Waals surface area contributed by atoms with Crippen LogP contribution in [-0.2, 0) is 0 Å². The predicted octanol–water partition coefficient (Wildman–Crippen LogP) is 4.09. The van der Waals surface area contributed by atoms with Gasteiger partial charge in [-0.05, 0) is 43.4 Å². The van der Waals surface area contributed by atoms with Crippen LogP contribution in [0.5, 0.6) is 0 Å². The summed E-state index contributed by atoms with van der Waals surface area (Å²) >= 11 is 0. The van der Waals surface area contributed by atoms with Crippen LogP contribution >= 0.6 is 0 Å². The molecule has 0 aromatic carbocycles. The highest BCUT2D eigenvalue weighted by atomic mass is 19.1. The van der Waals surface area contributed by atoms with Gasteiger partial charge in [-0.25, -0.2) is 4.39 Å². The fourth-order valence-corrected chi connectivity index (χ4v) is 3.04. The number of nitrogens with zero attached hydrogens (tertiary/aromatic N) is 1. The Bertz CT molecular complexity index is 377. The number of aromatic nitrogens is 1. The molecule has 2 nitrogen and oxygen atoms in total. The zero-order valence-corrected chi connectivity index (χ0v) is 12.0. The second-order valence-electron chi connectivity index (χ2n) is 5.79. The Morgan fingerprint density at radius 1 is 1.37 bits per heavy atom. The molecule has 0 bridgehead atoms. The van der Waals surface area contributed by atoms with Crippen LogP contribution in [0.25, 0.3) is 0 Å². The molecule has 1 aromatic rings. The summed E-state index contributed by atoms with van der Waals surface area (Å²) < 4.78 is 12.9. The Morgan fingerprint density at radius 3 is 2.79 bits per heavy atom. The molecule has 3 atom stereocenters. The first-order valence-electron chi connectivity index (χ1n) is 7.55. The maximum absolute atomic E-state index is 12.9. The molecule has 0 saturated heterocycles. The average molecular weight is 264 g/mol. The largest absolute Gasteiger partial charge is 0.308 e. The van der Waals surface area contributed by atoms with Crippen LogP contribution in [0.2, 0.25) is 0 Å². The van der Waals surface area contributed by atoms with E-state index < -0.39 is 0 Å². The van der Waals surface area contributed by atoms with Crippen molar-refractivity contribution in [3.63, 3.8) is 0 Å². The van der Waals surface area contributed by atoms with E-state index in [0.29, 0.717) is 0 Å². The summed E-state index contributed by atoms with van der Waals surface area (Å²) in [5.74, 6) is 1.34. The standard InChI is InChI=1S/C16H25FN2/c1-3-15(16-9-8-14(17)11-19-16)18-10-13-7-5-4-6-12(13)2/h8-9,11-13,15,18H,3-7,10H2,1-2H3. The first kappa shape index (κ1) is 14.4. The minimum Gasteiger partial charge on any atom is -0.308 e. The summed E-state index contributed by atoms with van der Waals surface area (Å²) in [5, 5.41) is 3.62. The minimum atomic E-state index is -0.264. The lowest BCUT2D eigenvalue weighted by Crippen LogP contribution is -2.32.